The van der Waals surface area contributed by atoms with Gasteiger partial charge in [0.2, 0.25) is 5.91 Å². The number of aromatic nitrogens is 2. The number of carbonyl (C=O) groups is 1. The van der Waals surface area contributed by atoms with Gasteiger partial charge in [-0.2, -0.15) is 0 Å². The molecule has 1 atom stereocenters. The summed E-state index contributed by atoms with van der Waals surface area (Å²) in [6.07, 6.45) is 5.64. The lowest BCUT2D eigenvalue weighted by molar-refractivity contribution is -0.125. The van der Waals surface area contributed by atoms with Crippen molar-refractivity contribution in [1.29, 1.82) is 0 Å². The van der Waals surface area contributed by atoms with E-state index < -0.39 is 0 Å². The van der Waals surface area contributed by atoms with Gasteiger partial charge < -0.3 is 14.6 Å². The van der Waals surface area contributed by atoms with Crippen LogP contribution in [0.4, 0.5) is 0 Å². The molecule has 1 aliphatic heterocycles. The van der Waals surface area contributed by atoms with Crippen LogP contribution in [-0.4, -0.2) is 28.7 Å². The molecule has 2 heterocycles. The lowest BCUT2D eigenvalue weighted by Gasteiger charge is -2.31. The van der Waals surface area contributed by atoms with Crippen LogP contribution in [0, 0.1) is 11.8 Å². The molecule has 0 bridgehead atoms. The number of nitrogens with one attached hydrogen (secondary N) is 1. The summed E-state index contributed by atoms with van der Waals surface area (Å²) in [6.45, 7) is 5.36. The Morgan fingerprint density at radius 2 is 2.16 bits per heavy atom. The van der Waals surface area contributed by atoms with Crippen LogP contribution in [0.25, 0.3) is 0 Å². The fourth-order valence-electron chi connectivity index (χ4n) is 2.44. The number of aryl methyl sites for hydroxylation is 1. The molecular formula is C14H23N3O2. The molecule has 1 aromatic rings. The molecule has 0 spiro atoms. The molecule has 1 unspecified atom stereocenters. The predicted octanol–water partition coefficient (Wildman–Crippen LogP) is 1.66. The summed E-state index contributed by atoms with van der Waals surface area (Å²) in [5.74, 6) is 1.40. The summed E-state index contributed by atoms with van der Waals surface area (Å²) in [7, 11) is 1.97. The molecule has 1 fully saturated rings. The van der Waals surface area contributed by atoms with Gasteiger partial charge in [0, 0.05) is 38.6 Å². The topological polar surface area (TPSA) is 56.2 Å². The zero-order valence-corrected chi connectivity index (χ0v) is 11.9. The average Bonchev–Trinajstić information content (AvgIpc) is 2.82. The standard InChI is InChI=1S/C14H23N3O2/c1-10(2)14(18)16-12(11-4-8-19-9-5-11)13-15-6-7-17(13)3/h6-7,10-12H,4-5,8-9H2,1-3H3,(H,16,18). The van der Waals surface area contributed by atoms with Crippen molar-refractivity contribution in [3.05, 3.63) is 18.2 Å². The largest absolute Gasteiger partial charge is 0.381 e. The highest BCUT2D eigenvalue weighted by Gasteiger charge is 2.29. The smallest absolute Gasteiger partial charge is 0.223 e. The van der Waals surface area contributed by atoms with E-state index in [0.717, 1.165) is 31.9 Å². The number of nitrogens with zero attached hydrogens (tertiary/aromatic N) is 2. The number of rotatable bonds is 4. The molecule has 1 N–H and O–H groups in total. The Bertz CT molecular complexity index is 422. The summed E-state index contributed by atoms with van der Waals surface area (Å²) in [6, 6.07) is -0.0150. The zero-order chi connectivity index (χ0) is 13.8. The highest BCUT2D eigenvalue weighted by molar-refractivity contribution is 5.78. The van der Waals surface area contributed by atoms with Gasteiger partial charge in [0.1, 0.15) is 5.82 Å². The maximum atomic E-state index is 12.0. The first-order chi connectivity index (χ1) is 9.09. The van der Waals surface area contributed by atoms with Gasteiger partial charge in [0.05, 0.1) is 6.04 Å². The van der Waals surface area contributed by atoms with Crippen molar-refractivity contribution >= 4 is 5.91 Å². The van der Waals surface area contributed by atoms with Gasteiger partial charge in [-0.15, -0.1) is 0 Å². The van der Waals surface area contributed by atoms with Crippen molar-refractivity contribution in [2.45, 2.75) is 32.7 Å². The Morgan fingerprint density at radius 1 is 1.47 bits per heavy atom. The third kappa shape index (κ3) is 3.35. The molecule has 19 heavy (non-hydrogen) atoms. The van der Waals surface area contributed by atoms with Gasteiger partial charge in [0.25, 0.3) is 0 Å². The van der Waals surface area contributed by atoms with E-state index >= 15 is 0 Å². The quantitative estimate of drug-likeness (QED) is 0.900. The maximum absolute atomic E-state index is 12.0. The van der Waals surface area contributed by atoms with Crippen molar-refractivity contribution in [3.63, 3.8) is 0 Å². The van der Waals surface area contributed by atoms with Crippen LogP contribution in [0.1, 0.15) is 38.6 Å². The Morgan fingerprint density at radius 3 is 2.68 bits per heavy atom. The summed E-state index contributed by atoms with van der Waals surface area (Å²) in [5.41, 5.74) is 0. The van der Waals surface area contributed by atoms with Crippen molar-refractivity contribution in [1.82, 2.24) is 14.9 Å². The zero-order valence-electron chi connectivity index (χ0n) is 11.9. The molecule has 1 saturated heterocycles. The average molecular weight is 265 g/mol. The Balaban J connectivity index is 2.17. The highest BCUT2D eigenvalue weighted by Crippen LogP contribution is 2.29. The van der Waals surface area contributed by atoms with Gasteiger partial charge in [0.15, 0.2) is 0 Å². The van der Waals surface area contributed by atoms with E-state index in [0.29, 0.717) is 5.92 Å². The summed E-state index contributed by atoms with van der Waals surface area (Å²) in [4.78, 5) is 16.4. The van der Waals surface area contributed by atoms with E-state index in [1.807, 2.05) is 31.7 Å². The molecule has 1 aromatic heterocycles. The first kappa shape index (κ1) is 14.1. The Kier molecular flexibility index (Phi) is 4.58. The fourth-order valence-corrected chi connectivity index (χ4v) is 2.44. The van der Waals surface area contributed by atoms with E-state index in [2.05, 4.69) is 10.3 Å². The molecule has 2 rings (SSSR count). The molecule has 0 aromatic carbocycles. The van der Waals surface area contributed by atoms with E-state index in [9.17, 15) is 4.79 Å². The summed E-state index contributed by atoms with van der Waals surface area (Å²) < 4.78 is 7.40. The summed E-state index contributed by atoms with van der Waals surface area (Å²) >= 11 is 0. The number of hydrogen-bond donors (Lipinski definition) is 1. The fraction of sp³-hybridized carbons (Fsp3) is 0.714. The summed E-state index contributed by atoms with van der Waals surface area (Å²) in [5, 5.41) is 3.15. The predicted molar refractivity (Wildman–Crippen MR) is 72.5 cm³/mol. The Labute approximate surface area is 114 Å². The number of hydrogen-bond acceptors (Lipinski definition) is 3. The maximum Gasteiger partial charge on any atom is 0.223 e. The highest BCUT2D eigenvalue weighted by atomic mass is 16.5. The second-order valence-electron chi connectivity index (χ2n) is 5.49. The van der Waals surface area contributed by atoms with E-state index in [1.54, 1.807) is 6.20 Å². The third-order valence-electron chi connectivity index (χ3n) is 3.70. The van der Waals surface area contributed by atoms with Crippen molar-refractivity contribution in [2.24, 2.45) is 18.9 Å². The number of carbonyl (C=O) groups excluding carboxylic acids is 1. The first-order valence-electron chi connectivity index (χ1n) is 6.95. The molecule has 1 aliphatic rings. The lowest BCUT2D eigenvalue weighted by atomic mass is 9.90. The van der Waals surface area contributed by atoms with Crippen LogP contribution < -0.4 is 5.32 Å². The number of imidazole rings is 1. The number of ether oxygens (including phenoxy) is 1. The molecule has 0 aliphatic carbocycles. The minimum Gasteiger partial charge on any atom is -0.381 e. The number of amides is 1. The van der Waals surface area contributed by atoms with Crippen molar-refractivity contribution < 1.29 is 9.53 Å². The van der Waals surface area contributed by atoms with E-state index in [1.165, 1.54) is 0 Å². The molecule has 5 heteroatoms. The molecular weight excluding hydrogens is 242 g/mol. The van der Waals surface area contributed by atoms with Crippen LogP contribution in [0.3, 0.4) is 0 Å². The van der Waals surface area contributed by atoms with Crippen molar-refractivity contribution in [2.75, 3.05) is 13.2 Å². The monoisotopic (exact) mass is 265 g/mol. The molecule has 0 radical (unpaired) electrons. The third-order valence-corrected chi connectivity index (χ3v) is 3.70. The molecule has 5 nitrogen and oxygen atoms in total. The molecule has 1 amide bonds. The van der Waals surface area contributed by atoms with Gasteiger partial charge in [-0.1, -0.05) is 13.8 Å². The first-order valence-corrected chi connectivity index (χ1v) is 6.95. The van der Waals surface area contributed by atoms with Gasteiger partial charge in [-0.05, 0) is 18.8 Å². The molecule has 0 saturated carbocycles. The second kappa shape index (κ2) is 6.19. The van der Waals surface area contributed by atoms with E-state index in [-0.39, 0.29) is 17.9 Å². The van der Waals surface area contributed by atoms with Gasteiger partial charge >= 0.3 is 0 Å². The second-order valence-corrected chi connectivity index (χ2v) is 5.49. The normalized spacial score (nSPS) is 18.5. The lowest BCUT2D eigenvalue weighted by Crippen LogP contribution is -2.39. The van der Waals surface area contributed by atoms with Crippen molar-refractivity contribution in [3.8, 4) is 0 Å². The molecule has 106 valence electrons. The van der Waals surface area contributed by atoms with Gasteiger partial charge in [-0.3, -0.25) is 4.79 Å². The SMILES string of the molecule is CC(C)C(=O)NC(c1nccn1C)C1CCOCC1. The minimum absolute atomic E-state index is 0.0115. The minimum atomic E-state index is -0.0150. The Hall–Kier alpha value is -1.36. The van der Waals surface area contributed by atoms with Crippen LogP contribution in [0.2, 0.25) is 0 Å². The van der Waals surface area contributed by atoms with Gasteiger partial charge in [-0.25, -0.2) is 4.98 Å². The van der Waals surface area contributed by atoms with Crippen LogP contribution >= 0.6 is 0 Å². The van der Waals surface area contributed by atoms with E-state index in [4.69, 9.17) is 4.74 Å². The van der Waals surface area contributed by atoms with Crippen LogP contribution in [0.15, 0.2) is 12.4 Å². The van der Waals surface area contributed by atoms with Crippen LogP contribution in [0.5, 0.6) is 0 Å². The van der Waals surface area contributed by atoms with Crippen LogP contribution in [-0.2, 0) is 16.6 Å².